The quantitative estimate of drug-likeness (QED) is 0.714. The van der Waals surface area contributed by atoms with Crippen molar-refractivity contribution in [2.45, 2.75) is 38.3 Å². The Bertz CT molecular complexity index is 855. The molecule has 1 aliphatic carbocycles. The Morgan fingerprint density at radius 2 is 1.92 bits per heavy atom. The first kappa shape index (κ1) is 15.3. The average Bonchev–Trinajstić information content (AvgIpc) is 3.22. The van der Waals surface area contributed by atoms with Gasteiger partial charge in [-0.15, -0.1) is 0 Å². The molecular formula is C17H17ClFN5. The molecule has 1 aromatic carbocycles. The lowest BCUT2D eigenvalue weighted by atomic mass is 10.2. The molecule has 1 aliphatic rings. The Balaban J connectivity index is 1.63. The molecule has 1 saturated carbocycles. The number of benzene rings is 1. The summed E-state index contributed by atoms with van der Waals surface area (Å²) in [6.07, 6.45) is 6.48. The minimum atomic E-state index is -0.246. The third kappa shape index (κ3) is 2.94. The van der Waals surface area contributed by atoms with Gasteiger partial charge in [0.15, 0.2) is 5.65 Å². The predicted molar refractivity (Wildman–Crippen MR) is 91.6 cm³/mol. The molecule has 2 heterocycles. The predicted octanol–water partition coefficient (Wildman–Crippen LogP) is 4.35. The Labute approximate surface area is 143 Å². The molecule has 0 atom stereocenters. The maximum atomic E-state index is 13.0. The third-order valence-electron chi connectivity index (χ3n) is 4.47. The smallest absolute Gasteiger partial charge is 0.226 e. The number of aromatic nitrogens is 4. The van der Waals surface area contributed by atoms with Crippen molar-refractivity contribution in [1.29, 1.82) is 0 Å². The van der Waals surface area contributed by atoms with Crippen LogP contribution in [0.3, 0.4) is 0 Å². The number of rotatable bonds is 4. The van der Waals surface area contributed by atoms with E-state index in [0.717, 1.165) is 29.4 Å². The lowest BCUT2D eigenvalue weighted by Gasteiger charge is -2.11. The van der Waals surface area contributed by atoms with Crippen LogP contribution in [-0.2, 0) is 6.54 Å². The van der Waals surface area contributed by atoms with Gasteiger partial charge in [-0.2, -0.15) is 15.1 Å². The molecule has 7 heteroatoms. The maximum Gasteiger partial charge on any atom is 0.226 e. The molecule has 1 fully saturated rings. The van der Waals surface area contributed by atoms with E-state index in [0.29, 0.717) is 18.4 Å². The van der Waals surface area contributed by atoms with Crippen molar-refractivity contribution in [3.8, 4) is 0 Å². The molecule has 24 heavy (non-hydrogen) atoms. The van der Waals surface area contributed by atoms with Crippen LogP contribution in [0.25, 0.3) is 11.0 Å². The molecule has 2 aromatic heterocycles. The number of nitrogens with one attached hydrogen (secondary N) is 1. The minimum Gasteiger partial charge on any atom is -0.365 e. The third-order valence-corrected chi connectivity index (χ3v) is 4.64. The highest BCUT2D eigenvalue weighted by molar-refractivity contribution is 6.28. The van der Waals surface area contributed by atoms with Gasteiger partial charge in [-0.3, -0.25) is 0 Å². The second-order valence-electron chi connectivity index (χ2n) is 6.09. The maximum absolute atomic E-state index is 13.0. The summed E-state index contributed by atoms with van der Waals surface area (Å²) in [7, 11) is 0. The van der Waals surface area contributed by atoms with E-state index < -0.39 is 0 Å². The zero-order valence-corrected chi connectivity index (χ0v) is 13.8. The summed E-state index contributed by atoms with van der Waals surface area (Å²) in [6, 6.07) is 6.75. The highest BCUT2D eigenvalue weighted by Gasteiger charge is 2.21. The summed E-state index contributed by atoms with van der Waals surface area (Å²) in [4.78, 5) is 8.66. The van der Waals surface area contributed by atoms with Crippen LogP contribution in [0, 0.1) is 5.82 Å². The Hall–Kier alpha value is -2.21. The lowest BCUT2D eigenvalue weighted by molar-refractivity contribution is 0.478. The summed E-state index contributed by atoms with van der Waals surface area (Å²) in [5, 5.41) is 8.82. The summed E-state index contributed by atoms with van der Waals surface area (Å²) < 4.78 is 15.0. The van der Waals surface area contributed by atoms with Gasteiger partial charge in [0.05, 0.1) is 17.6 Å². The fourth-order valence-electron chi connectivity index (χ4n) is 3.24. The number of nitrogens with zero attached hydrogens (tertiary/aromatic N) is 4. The zero-order valence-electron chi connectivity index (χ0n) is 13.0. The normalized spacial score (nSPS) is 15.2. The van der Waals surface area contributed by atoms with Crippen molar-refractivity contribution in [2.75, 3.05) is 5.32 Å². The highest BCUT2D eigenvalue weighted by Crippen LogP contribution is 2.32. The van der Waals surface area contributed by atoms with Crippen LogP contribution in [0.5, 0.6) is 0 Å². The van der Waals surface area contributed by atoms with Gasteiger partial charge in [-0.05, 0) is 42.1 Å². The molecule has 0 amide bonds. The van der Waals surface area contributed by atoms with E-state index >= 15 is 0 Å². The van der Waals surface area contributed by atoms with E-state index in [1.54, 1.807) is 18.3 Å². The van der Waals surface area contributed by atoms with Gasteiger partial charge in [-0.1, -0.05) is 25.0 Å². The summed E-state index contributed by atoms with van der Waals surface area (Å²) in [6.45, 7) is 0.525. The highest BCUT2D eigenvalue weighted by atomic mass is 35.5. The first-order chi connectivity index (χ1) is 11.7. The molecule has 0 aliphatic heterocycles. The molecule has 0 bridgehead atoms. The van der Waals surface area contributed by atoms with E-state index in [1.807, 2.05) is 4.68 Å². The Morgan fingerprint density at radius 3 is 2.67 bits per heavy atom. The van der Waals surface area contributed by atoms with Crippen molar-refractivity contribution in [3.05, 3.63) is 47.1 Å². The first-order valence-corrected chi connectivity index (χ1v) is 8.47. The molecule has 5 nitrogen and oxygen atoms in total. The van der Waals surface area contributed by atoms with Gasteiger partial charge in [0.1, 0.15) is 11.6 Å². The average molecular weight is 346 g/mol. The van der Waals surface area contributed by atoms with E-state index in [-0.39, 0.29) is 11.1 Å². The second kappa shape index (κ2) is 6.36. The second-order valence-corrected chi connectivity index (χ2v) is 6.42. The molecular weight excluding hydrogens is 329 g/mol. The van der Waals surface area contributed by atoms with Gasteiger partial charge in [0.2, 0.25) is 5.28 Å². The van der Waals surface area contributed by atoms with Crippen LogP contribution >= 0.6 is 11.6 Å². The van der Waals surface area contributed by atoms with Crippen LogP contribution < -0.4 is 5.32 Å². The topological polar surface area (TPSA) is 55.6 Å². The lowest BCUT2D eigenvalue weighted by Crippen LogP contribution is -2.08. The summed E-state index contributed by atoms with van der Waals surface area (Å²) in [5.41, 5.74) is 1.73. The molecule has 0 unspecified atom stereocenters. The zero-order chi connectivity index (χ0) is 16.5. The van der Waals surface area contributed by atoms with E-state index in [2.05, 4.69) is 20.4 Å². The molecule has 0 spiro atoms. The number of hydrogen-bond donors (Lipinski definition) is 1. The van der Waals surface area contributed by atoms with Gasteiger partial charge in [0, 0.05) is 6.54 Å². The summed E-state index contributed by atoms with van der Waals surface area (Å²) >= 11 is 6.11. The molecule has 0 radical (unpaired) electrons. The molecule has 4 rings (SSSR count). The van der Waals surface area contributed by atoms with Crippen LogP contribution in [-0.4, -0.2) is 19.7 Å². The molecule has 124 valence electrons. The largest absolute Gasteiger partial charge is 0.365 e. The van der Waals surface area contributed by atoms with Gasteiger partial charge in [0.25, 0.3) is 0 Å². The van der Waals surface area contributed by atoms with Crippen molar-refractivity contribution in [1.82, 2.24) is 19.7 Å². The Kier molecular flexibility index (Phi) is 4.06. The van der Waals surface area contributed by atoms with Crippen LogP contribution in [0.2, 0.25) is 5.28 Å². The van der Waals surface area contributed by atoms with Gasteiger partial charge < -0.3 is 5.32 Å². The van der Waals surface area contributed by atoms with Crippen molar-refractivity contribution >= 4 is 28.5 Å². The molecule has 3 aromatic rings. The number of anilines is 1. The van der Waals surface area contributed by atoms with Crippen LogP contribution in [0.1, 0.15) is 37.3 Å². The fourth-order valence-corrected chi connectivity index (χ4v) is 3.40. The fraction of sp³-hybridized carbons (Fsp3) is 0.353. The number of halogens is 2. The van der Waals surface area contributed by atoms with Crippen molar-refractivity contribution in [3.63, 3.8) is 0 Å². The molecule has 1 N–H and O–H groups in total. The Morgan fingerprint density at radius 1 is 1.17 bits per heavy atom. The number of hydrogen-bond acceptors (Lipinski definition) is 4. The van der Waals surface area contributed by atoms with E-state index in [1.165, 1.54) is 25.0 Å². The number of fused-ring (bicyclic) bond motifs is 1. The van der Waals surface area contributed by atoms with Crippen molar-refractivity contribution in [2.24, 2.45) is 0 Å². The SMILES string of the molecule is Fc1ccc(CNc2nc(Cl)nc3c2cnn3C2CCCC2)cc1. The standard InChI is InChI=1S/C17H17ClFN5/c18-17-22-15(20-9-11-5-7-12(19)8-6-11)14-10-21-24(16(14)23-17)13-3-1-2-4-13/h5-8,10,13H,1-4,9H2,(H,20,22,23). The van der Waals surface area contributed by atoms with Crippen LogP contribution in [0.15, 0.2) is 30.5 Å². The van der Waals surface area contributed by atoms with E-state index in [4.69, 9.17) is 11.6 Å². The first-order valence-electron chi connectivity index (χ1n) is 8.10. The van der Waals surface area contributed by atoms with Gasteiger partial charge in [-0.25, -0.2) is 9.07 Å². The van der Waals surface area contributed by atoms with Crippen molar-refractivity contribution < 1.29 is 4.39 Å². The van der Waals surface area contributed by atoms with Gasteiger partial charge >= 0.3 is 0 Å². The van der Waals surface area contributed by atoms with Crippen LogP contribution in [0.4, 0.5) is 10.2 Å². The minimum absolute atomic E-state index is 0.198. The van der Waals surface area contributed by atoms with E-state index in [9.17, 15) is 4.39 Å². The molecule has 0 saturated heterocycles. The monoisotopic (exact) mass is 345 g/mol. The summed E-state index contributed by atoms with van der Waals surface area (Å²) in [5.74, 6) is 0.405.